The number of nitrogens with one attached hydrogen (secondary N) is 1. The van der Waals surface area contributed by atoms with E-state index in [1.807, 2.05) is 42.5 Å². The van der Waals surface area contributed by atoms with Gasteiger partial charge in [0.25, 0.3) is 0 Å². The number of benzene rings is 3. The molecule has 0 bridgehead atoms. The zero-order chi connectivity index (χ0) is 25.1. The van der Waals surface area contributed by atoms with Gasteiger partial charge < -0.3 is 19.0 Å². The number of para-hydroxylation sites is 3. The van der Waals surface area contributed by atoms with Crippen LogP contribution in [0.1, 0.15) is 27.7 Å². The van der Waals surface area contributed by atoms with Crippen LogP contribution in [0.2, 0.25) is 0 Å². The number of fused-ring (bicyclic) bond motifs is 3. The quantitative estimate of drug-likeness (QED) is 0.307. The van der Waals surface area contributed by atoms with Crippen molar-refractivity contribution in [1.29, 1.82) is 0 Å². The minimum atomic E-state index is -0.442. The molecular formula is C30H29BN2O3. The minimum Gasteiger partial charge on any atom is -0.496 e. The maximum Gasteiger partial charge on any atom is 0.497 e. The van der Waals surface area contributed by atoms with Crippen LogP contribution in [-0.4, -0.2) is 35.4 Å². The van der Waals surface area contributed by atoms with Crippen LogP contribution in [0.5, 0.6) is 5.75 Å². The molecule has 36 heavy (non-hydrogen) atoms. The normalized spacial score (nSPS) is 16.6. The molecule has 0 atom stereocenters. The summed E-state index contributed by atoms with van der Waals surface area (Å²) in [6.45, 7) is 8.32. The van der Waals surface area contributed by atoms with Gasteiger partial charge in [0.1, 0.15) is 5.75 Å². The van der Waals surface area contributed by atoms with Crippen LogP contribution < -0.4 is 10.2 Å². The Morgan fingerprint density at radius 2 is 1.28 bits per heavy atom. The third-order valence-electron chi connectivity index (χ3n) is 7.62. The second kappa shape index (κ2) is 8.22. The molecule has 0 unspecified atom stereocenters. The van der Waals surface area contributed by atoms with Gasteiger partial charge in [-0.2, -0.15) is 0 Å². The van der Waals surface area contributed by atoms with E-state index in [4.69, 9.17) is 19.0 Å². The van der Waals surface area contributed by atoms with E-state index in [-0.39, 0.29) is 0 Å². The van der Waals surface area contributed by atoms with E-state index in [1.165, 1.54) is 0 Å². The van der Waals surface area contributed by atoms with E-state index in [2.05, 4.69) is 69.1 Å². The lowest BCUT2D eigenvalue weighted by atomic mass is 9.78. The van der Waals surface area contributed by atoms with Crippen LogP contribution in [0, 0.1) is 0 Å². The van der Waals surface area contributed by atoms with Crippen molar-refractivity contribution in [2.45, 2.75) is 38.9 Å². The topological polar surface area (TPSA) is 56.4 Å². The molecule has 3 aromatic carbocycles. The molecule has 3 heterocycles. The first-order chi connectivity index (χ1) is 17.3. The van der Waals surface area contributed by atoms with Crippen molar-refractivity contribution in [1.82, 2.24) is 9.97 Å². The Morgan fingerprint density at radius 1 is 0.694 bits per heavy atom. The van der Waals surface area contributed by atoms with Crippen LogP contribution in [0.4, 0.5) is 0 Å². The Balaban J connectivity index is 1.50. The summed E-state index contributed by atoms with van der Waals surface area (Å²) in [4.78, 5) is 8.73. The Labute approximate surface area is 211 Å². The maximum atomic E-state index is 6.39. The van der Waals surface area contributed by atoms with Crippen molar-refractivity contribution in [3.05, 3.63) is 78.9 Å². The molecule has 6 heteroatoms. The third kappa shape index (κ3) is 3.52. The highest BCUT2D eigenvalue weighted by Crippen LogP contribution is 2.38. The van der Waals surface area contributed by atoms with Crippen LogP contribution in [0.25, 0.3) is 44.3 Å². The number of H-pyrrole nitrogens is 1. The fourth-order valence-corrected chi connectivity index (χ4v) is 4.94. The van der Waals surface area contributed by atoms with E-state index < -0.39 is 18.3 Å². The first-order valence-corrected chi connectivity index (χ1v) is 12.3. The van der Waals surface area contributed by atoms with Gasteiger partial charge in [-0.1, -0.05) is 54.6 Å². The average molecular weight is 476 g/mol. The van der Waals surface area contributed by atoms with Crippen LogP contribution in [0.15, 0.2) is 78.9 Å². The number of nitrogens with zero attached hydrogens (tertiary/aromatic N) is 1. The van der Waals surface area contributed by atoms with Gasteiger partial charge in [0, 0.05) is 32.9 Å². The van der Waals surface area contributed by atoms with Gasteiger partial charge >= 0.3 is 7.12 Å². The van der Waals surface area contributed by atoms with Gasteiger partial charge in [-0.25, -0.2) is 4.98 Å². The summed E-state index contributed by atoms with van der Waals surface area (Å²) < 4.78 is 18.4. The molecule has 180 valence electrons. The van der Waals surface area contributed by atoms with E-state index in [9.17, 15) is 0 Å². The van der Waals surface area contributed by atoms with E-state index >= 15 is 0 Å². The number of pyridine rings is 1. The Bertz CT molecular complexity index is 1590. The minimum absolute atomic E-state index is 0.403. The molecule has 5 aromatic rings. The zero-order valence-corrected chi connectivity index (χ0v) is 21.3. The zero-order valence-electron chi connectivity index (χ0n) is 21.3. The molecule has 1 fully saturated rings. The standard InChI is InChI=1S/C30H29BN2O3/c1-29(2)30(3,4)36-31(35-29)23-15-9-13-20-19-12-8-14-22(27(19)33-28(20)23)25-17-10-16-24(32-25)21-11-6-7-18-26(21)34-5/h6-18,33H,1-5H3. The highest BCUT2D eigenvalue weighted by atomic mass is 16.7. The monoisotopic (exact) mass is 476 g/mol. The maximum absolute atomic E-state index is 6.39. The van der Waals surface area contributed by atoms with Gasteiger partial charge in [-0.05, 0) is 52.0 Å². The molecule has 1 aliphatic heterocycles. The molecule has 0 spiro atoms. The molecular weight excluding hydrogens is 447 g/mol. The first-order valence-electron chi connectivity index (χ1n) is 12.3. The summed E-state index contributed by atoms with van der Waals surface area (Å²) in [7, 11) is 1.24. The summed E-state index contributed by atoms with van der Waals surface area (Å²) >= 11 is 0. The predicted molar refractivity (Wildman–Crippen MR) is 147 cm³/mol. The number of hydrogen-bond donors (Lipinski definition) is 1. The van der Waals surface area contributed by atoms with E-state index in [0.717, 1.165) is 55.5 Å². The van der Waals surface area contributed by atoms with E-state index in [0.29, 0.717) is 0 Å². The van der Waals surface area contributed by atoms with Crippen molar-refractivity contribution >= 4 is 34.4 Å². The second-order valence-electron chi connectivity index (χ2n) is 10.3. The number of methoxy groups -OCH3 is 1. The Morgan fingerprint density at radius 3 is 2.00 bits per heavy atom. The number of aromatic amines is 1. The van der Waals surface area contributed by atoms with Gasteiger partial charge in [-0.3, -0.25) is 0 Å². The molecule has 0 aliphatic carbocycles. The lowest BCUT2D eigenvalue weighted by Crippen LogP contribution is -2.41. The van der Waals surface area contributed by atoms with Crippen molar-refractivity contribution in [3.63, 3.8) is 0 Å². The van der Waals surface area contributed by atoms with Gasteiger partial charge in [0.05, 0.1) is 35.2 Å². The van der Waals surface area contributed by atoms with Gasteiger partial charge in [0.2, 0.25) is 0 Å². The molecule has 1 aliphatic rings. The summed E-state index contributed by atoms with van der Waals surface area (Å²) in [5, 5.41) is 2.28. The highest BCUT2D eigenvalue weighted by molar-refractivity contribution is 6.65. The Kier molecular flexibility index (Phi) is 5.21. The van der Waals surface area contributed by atoms with Gasteiger partial charge in [-0.15, -0.1) is 0 Å². The first kappa shape index (κ1) is 22.8. The summed E-state index contributed by atoms with van der Waals surface area (Å²) in [5.41, 5.74) is 6.04. The number of aromatic nitrogens is 2. The molecule has 0 saturated carbocycles. The second-order valence-corrected chi connectivity index (χ2v) is 10.3. The predicted octanol–water partition coefficient (Wildman–Crippen LogP) is 6.36. The van der Waals surface area contributed by atoms with Crippen molar-refractivity contribution in [2.24, 2.45) is 0 Å². The SMILES string of the molecule is COc1ccccc1-c1cccc(-c2cccc3c2[nH]c2c(B4OC(C)(C)C(C)(C)O4)cccc23)n1. The molecule has 1 saturated heterocycles. The van der Waals surface area contributed by atoms with Crippen molar-refractivity contribution in [2.75, 3.05) is 7.11 Å². The largest absolute Gasteiger partial charge is 0.497 e. The Hall–Kier alpha value is -3.61. The van der Waals surface area contributed by atoms with Gasteiger partial charge in [0.15, 0.2) is 0 Å². The van der Waals surface area contributed by atoms with Crippen LogP contribution in [-0.2, 0) is 9.31 Å². The summed E-state index contributed by atoms with van der Waals surface area (Å²) in [6.07, 6.45) is 0. The van der Waals surface area contributed by atoms with Crippen molar-refractivity contribution in [3.8, 4) is 28.3 Å². The lowest BCUT2D eigenvalue weighted by molar-refractivity contribution is 0.00578. The average Bonchev–Trinajstić information content (AvgIpc) is 3.37. The molecule has 1 N–H and O–H groups in total. The van der Waals surface area contributed by atoms with E-state index in [1.54, 1.807) is 7.11 Å². The molecule has 2 aromatic heterocycles. The number of ether oxygens (including phenoxy) is 1. The smallest absolute Gasteiger partial charge is 0.496 e. The lowest BCUT2D eigenvalue weighted by Gasteiger charge is -2.32. The van der Waals surface area contributed by atoms with Crippen molar-refractivity contribution < 1.29 is 14.0 Å². The fourth-order valence-electron chi connectivity index (χ4n) is 4.94. The highest BCUT2D eigenvalue weighted by Gasteiger charge is 2.52. The third-order valence-corrected chi connectivity index (χ3v) is 7.62. The molecule has 6 rings (SSSR count). The van der Waals surface area contributed by atoms with Crippen LogP contribution in [0.3, 0.4) is 0 Å². The molecule has 0 amide bonds. The number of hydrogen-bond acceptors (Lipinski definition) is 4. The number of rotatable bonds is 4. The van der Waals surface area contributed by atoms with Crippen LogP contribution >= 0.6 is 0 Å². The summed E-state index contributed by atoms with van der Waals surface area (Å²) in [5.74, 6) is 0.804. The molecule has 5 nitrogen and oxygen atoms in total. The summed E-state index contributed by atoms with van der Waals surface area (Å²) in [6, 6.07) is 26.7. The molecule has 0 radical (unpaired) electrons. The fraction of sp³-hybridized carbons (Fsp3) is 0.233.